The fourth-order valence-corrected chi connectivity index (χ4v) is 4.67. The summed E-state index contributed by atoms with van der Waals surface area (Å²) in [5, 5.41) is 0. The highest BCUT2D eigenvalue weighted by Crippen LogP contribution is 2.37. The van der Waals surface area contributed by atoms with Crippen LogP contribution >= 0.6 is 15.9 Å². The molecular weight excluding hydrogens is 378 g/mol. The molecule has 0 saturated carbocycles. The number of nitrogens with zero attached hydrogens (tertiary/aromatic N) is 1. The molecule has 1 heterocycles. The molecule has 4 nitrogen and oxygen atoms in total. The normalized spacial score (nSPS) is 18.4. The van der Waals surface area contributed by atoms with Crippen LogP contribution in [0.4, 0.5) is 0 Å². The lowest BCUT2D eigenvalue weighted by molar-refractivity contribution is -0.124. The third kappa shape index (κ3) is 3.05. The second kappa shape index (κ2) is 6.09. The SMILES string of the molecule is Cc1ccc(S(=O)(=O)N2C(=O)CC[C@H]2c2ccc(Br)cc2)cc1. The predicted octanol–water partition coefficient (Wildman–Crippen LogP) is 3.81. The van der Waals surface area contributed by atoms with Crippen molar-refractivity contribution in [2.24, 2.45) is 0 Å². The smallest absolute Gasteiger partial charge is 0.267 e. The minimum Gasteiger partial charge on any atom is -0.274 e. The number of carbonyl (C=O) groups excluding carboxylic acids is 1. The fraction of sp³-hybridized carbons (Fsp3) is 0.235. The zero-order valence-corrected chi connectivity index (χ0v) is 15.0. The Morgan fingerprint density at radius 2 is 1.65 bits per heavy atom. The molecule has 0 N–H and O–H groups in total. The van der Waals surface area contributed by atoms with Crippen molar-refractivity contribution in [2.45, 2.75) is 30.7 Å². The first-order chi connectivity index (χ1) is 10.9. The summed E-state index contributed by atoms with van der Waals surface area (Å²) in [5.41, 5.74) is 1.80. The van der Waals surface area contributed by atoms with Gasteiger partial charge in [0, 0.05) is 10.9 Å². The van der Waals surface area contributed by atoms with E-state index in [1.54, 1.807) is 24.3 Å². The van der Waals surface area contributed by atoms with Crippen molar-refractivity contribution in [3.05, 3.63) is 64.1 Å². The zero-order chi connectivity index (χ0) is 16.6. The Hall–Kier alpha value is -1.66. The van der Waals surface area contributed by atoms with E-state index in [1.165, 1.54) is 0 Å². The third-order valence-electron chi connectivity index (χ3n) is 3.99. The van der Waals surface area contributed by atoms with Crippen LogP contribution in [-0.4, -0.2) is 18.6 Å². The van der Waals surface area contributed by atoms with Crippen molar-refractivity contribution in [3.8, 4) is 0 Å². The highest BCUT2D eigenvalue weighted by molar-refractivity contribution is 9.10. The Bertz CT molecular complexity index is 829. The molecule has 0 aromatic heterocycles. The number of benzene rings is 2. The van der Waals surface area contributed by atoms with E-state index in [4.69, 9.17) is 0 Å². The van der Waals surface area contributed by atoms with Gasteiger partial charge in [-0.05, 0) is 43.2 Å². The standard InChI is InChI=1S/C17H16BrNO3S/c1-12-2-8-15(9-3-12)23(21,22)19-16(10-11-17(19)20)13-4-6-14(18)7-5-13/h2-9,16H,10-11H2,1H3/t16-/m0/s1. The Morgan fingerprint density at radius 3 is 2.26 bits per heavy atom. The first-order valence-corrected chi connectivity index (χ1v) is 9.52. The summed E-state index contributed by atoms with van der Waals surface area (Å²) in [4.78, 5) is 12.4. The molecule has 0 spiro atoms. The number of sulfonamides is 1. The maximum absolute atomic E-state index is 12.9. The summed E-state index contributed by atoms with van der Waals surface area (Å²) in [5.74, 6) is -0.349. The number of hydrogen-bond donors (Lipinski definition) is 0. The molecule has 120 valence electrons. The lowest BCUT2D eigenvalue weighted by Crippen LogP contribution is -2.34. The predicted molar refractivity (Wildman–Crippen MR) is 91.3 cm³/mol. The van der Waals surface area contributed by atoms with Crippen LogP contribution in [0.15, 0.2) is 57.9 Å². The molecule has 1 amide bonds. The zero-order valence-electron chi connectivity index (χ0n) is 12.6. The van der Waals surface area contributed by atoms with Gasteiger partial charge < -0.3 is 0 Å². The van der Waals surface area contributed by atoms with Crippen LogP contribution in [0.3, 0.4) is 0 Å². The van der Waals surface area contributed by atoms with Gasteiger partial charge in [0.2, 0.25) is 5.91 Å². The Morgan fingerprint density at radius 1 is 1.04 bits per heavy atom. The summed E-state index contributed by atoms with van der Waals surface area (Å²) in [6.07, 6.45) is 0.747. The second-order valence-electron chi connectivity index (χ2n) is 5.61. The van der Waals surface area contributed by atoms with Crippen LogP contribution in [0.1, 0.15) is 30.0 Å². The van der Waals surface area contributed by atoms with E-state index in [1.807, 2.05) is 31.2 Å². The number of halogens is 1. The van der Waals surface area contributed by atoms with Crippen LogP contribution < -0.4 is 0 Å². The lowest BCUT2D eigenvalue weighted by Gasteiger charge is -2.25. The molecule has 0 aliphatic carbocycles. The number of rotatable bonds is 3. The number of amides is 1. The molecule has 1 aliphatic rings. The van der Waals surface area contributed by atoms with Gasteiger partial charge in [-0.3, -0.25) is 4.79 Å². The highest BCUT2D eigenvalue weighted by Gasteiger charge is 2.41. The van der Waals surface area contributed by atoms with Crippen LogP contribution in [0.5, 0.6) is 0 Å². The molecule has 6 heteroatoms. The molecule has 2 aromatic rings. The molecule has 1 fully saturated rings. The molecule has 0 unspecified atom stereocenters. The topological polar surface area (TPSA) is 54.5 Å². The maximum Gasteiger partial charge on any atom is 0.267 e. The molecule has 0 radical (unpaired) electrons. The summed E-state index contributed by atoms with van der Waals surface area (Å²) in [6.45, 7) is 1.89. The van der Waals surface area contributed by atoms with Gasteiger partial charge >= 0.3 is 0 Å². The van der Waals surface area contributed by atoms with E-state index in [-0.39, 0.29) is 17.2 Å². The molecular formula is C17H16BrNO3S. The summed E-state index contributed by atoms with van der Waals surface area (Å²) in [6, 6.07) is 13.6. The number of aryl methyl sites for hydroxylation is 1. The average Bonchev–Trinajstić information content (AvgIpc) is 2.91. The van der Waals surface area contributed by atoms with Gasteiger partial charge in [0.15, 0.2) is 0 Å². The van der Waals surface area contributed by atoms with Crippen molar-refractivity contribution in [1.29, 1.82) is 0 Å². The fourth-order valence-electron chi connectivity index (χ4n) is 2.77. The summed E-state index contributed by atoms with van der Waals surface area (Å²) < 4.78 is 27.8. The Balaban J connectivity index is 2.02. The van der Waals surface area contributed by atoms with Crippen molar-refractivity contribution >= 4 is 31.9 Å². The summed E-state index contributed by atoms with van der Waals surface area (Å²) >= 11 is 3.37. The van der Waals surface area contributed by atoms with E-state index in [2.05, 4.69) is 15.9 Å². The molecule has 0 bridgehead atoms. The Labute approximate surface area is 144 Å². The van der Waals surface area contributed by atoms with Gasteiger partial charge in [0.05, 0.1) is 10.9 Å². The van der Waals surface area contributed by atoms with E-state index in [9.17, 15) is 13.2 Å². The summed E-state index contributed by atoms with van der Waals surface area (Å²) in [7, 11) is -3.84. The number of hydrogen-bond acceptors (Lipinski definition) is 3. The van der Waals surface area contributed by atoms with Gasteiger partial charge in [-0.1, -0.05) is 45.8 Å². The van der Waals surface area contributed by atoms with Gasteiger partial charge in [0.1, 0.15) is 0 Å². The van der Waals surface area contributed by atoms with Crippen LogP contribution in [0.2, 0.25) is 0 Å². The lowest BCUT2D eigenvalue weighted by atomic mass is 10.1. The number of carbonyl (C=O) groups is 1. The Kier molecular flexibility index (Phi) is 4.29. The first-order valence-electron chi connectivity index (χ1n) is 7.29. The quantitative estimate of drug-likeness (QED) is 0.796. The molecule has 1 aliphatic heterocycles. The van der Waals surface area contributed by atoms with Crippen molar-refractivity contribution in [1.82, 2.24) is 4.31 Å². The third-order valence-corrected chi connectivity index (χ3v) is 6.37. The van der Waals surface area contributed by atoms with Crippen LogP contribution in [0, 0.1) is 6.92 Å². The van der Waals surface area contributed by atoms with Gasteiger partial charge in [-0.15, -0.1) is 0 Å². The van der Waals surface area contributed by atoms with Crippen molar-refractivity contribution in [2.75, 3.05) is 0 Å². The molecule has 1 atom stereocenters. The van der Waals surface area contributed by atoms with E-state index < -0.39 is 16.1 Å². The maximum atomic E-state index is 12.9. The van der Waals surface area contributed by atoms with Gasteiger partial charge in [0.25, 0.3) is 10.0 Å². The van der Waals surface area contributed by atoms with E-state index in [0.717, 1.165) is 19.9 Å². The van der Waals surface area contributed by atoms with Gasteiger partial charge in [-0.25, -0.2) is 12.7 Å². The minimum atomic E-state index is -3.84. The van der Waals surface area contributed by atoms with E-state index in [0.29, 0.717) is 6.42 Å². The van der Waals surface area contributed by atoms with Crippen molar-refractivity contribution < 1.29 is 13.2 Å². The molecule has 23 heavy (non-hydrogen) atoms. The average molecular weight is 394 g/mol. The molecule has 1 saturated heterocycles. The molecule has 2 aromatic carbocycles. The molecule has 3 rings (SSSR count). The van der Waals surface area contributed by atoms with Crippen molar-refractivity contribution in [3.63, 3.8) is 0 Å². The van der Waals surface area contributed by atoms with Crippen LogP contribution in [-0.2, 0) is 14.8 Å². The first kappa shape index (κ1) is 16.2. The van der Waals surface area contributed by atoms with Gasteiger partial charge in [-0.2, -0.15) is 0 Å². The monoisotopic (exact) mass is 393 g/mol. The van der Waals surface area contributed by atoms with E-state index >= 15 is 0 Å². The largest absolute Gasteiger partial charge is 0.274 e. The minimum absolute atomic E-state index is 0.153. The van der Waals surface area contributed by atoms with Crippen LogP contribution in [0.25, 0.3) is 0 Å². The second-order valence-corrected chi connectivity index (χ2v) is 8.34. The highest BCUT2D eigenvalue weighted by atomic mass is 79.9.